The van der Waals surface area contributed by atoms with Crippen LogP contribution in [-0.4, -0.2) is 24.0 Å². The summed E-state index contributed by atoms with van der Waals surface area (Å²) in [6.45, 7) is 13.9. The quantitative estimate of drug-likeness (QED) is 0.795. The Morgan fingerprint density at radius 1 is 1.29 bits per heavy atom. The minimum atomic E-state index is -0.140. The van der Waals surface area contributed by atoms with Gasteiger partial charge >= 0.3 is 0 Å². The van der Waals surface area contributed by atoms with Crippen molar-refractivity contribution in [3.63, 3.8) is 0 Å². The van der Waals surface area contributed by atoms with Crippen LogP contribution in [-0.2, 0) is 4.79 Å². The van der Waals surface area contributed by atoms with Gasteiger partial charge in [-0.05, 0) is 44.6 Å². The van der Waals surface area contributed by atoms with Gasteiger partial charge in [0.05, 0.1) is 6.04 Å². The Morgan fingerprint density at radius 2 is 1.88 bits per heavy atom. The number of nitrogens with one attached hydrogen (secondary N) is 2. The molecule has 1 heterocycles. The highest BCUT2D eigenvalue weighted by atomic mass is 16.2. The van der Waals surface area contributed by atoms with Crippen LogP contribution in [0.3, 0.4) is 0 Å². The lowest BCUT2D eigenvalue weighted by atomic mass is 9.81. The molecule has 1 fully saturated rings. The summed E-state index contributed by atoms with van der Waals surface area (Å²) in [6, 6.07) is -0.00533. The van der Waals surface area contributed by atoms with E-state index in [4.69, 9.17) is 0 Å². The van der Waals surface area contributed by atoms with Crippen LogP contribution < -0.4 is 10.6 Å². The number of carbonyl (C=O) groups is 1. The van der Waals surface area contributed by atoms with E-state index in [-0.39, 0.29) is 22.9 Å². The lowest BCUT2D eigenvalue weighted by molar-refractivity contribution is -0.125. The van der Waals surface area contributed by atoms with Gasteiger partial charge in [0.15, 0.2) is 0 Å². The van der Waals surface area contributed by atoms with Crippen molar-refractivity contribution in [3.8, 4) is 0 Å². The molecule has 0 bridgehead atoms. The van der Waals surface area contributed by atoms with Crippen LogP contribution in [0, 0.1) is 11.3 Å². The summed E-state index contributed by atoms with van der Waals surface area (Å²) in [5.41, 5.74) is 0.0881. The summed E-state index contributed by atoms with van der Waals surface area (Å²) < 4.78 is 0. The molecule has 1 amide bonds. The fourth-order valence-electron chi connectivity index (χ4n) is 2.97. The van der Waals surface area contributed by atoms with Crippen LogP contribution in [0.4, 0.5) is 0 Å². The van der Waals surface area contributed by atoms with E-state index in [1.807, 2.05) is 0 Å². The van der Waals surface area contributed by atoms with Gasteiger partial charge in [-0.15, -0.1) is 0 Å². The van der Waals surface area contributed by atoms with Crippen molar-refractivity contribution in [3.05, 3.63) is 0 Å². The van der Waals surface area contributed by atoms with Crippen LogP contribution in [0.1, 0.15) is 54.4 Å². The van der Waals surface area contributed by atoms with E-state index < -0.39 is 0 Å². The zero-order valence-corrected chi connectivity index (χ0v) is 12.2. The number of carbonyl (C=O) groups excluding carboxylic acids is 1. The number of rotatable bonds is 3. The van der Waals surface area contributed by atoms with E-state index in [0.29, 0.717) is 5.92 Å². The van der Waals surface area contributed by atoms with Gasteiger partial charge in [0, 0.05) is 5.54 Å². The molecule has 1 aliphatic heterocycles. The maximum Gasteiger partial charge on any atom is 0.237 e. The molecular weight excluding hydrogens is 212 g/mol. The maximum absolute atomic E-state index is 12.2. The first-order valence-electron chi connectivity index (χ1n) is 6.66. The first-order chi connectivity index (χ1) is 7.61. The summed E-state index contributed by atoms with van der Waals surface area (Å²) in [5, 5.41) is 6.46. The maximum atomic E-state index is 12.2. The van der Waals surface area contributed by atoms with Crippen LogP contribution in [0.5, 0.6) is 0 Å². The largest absolute Gasteiger partial charge is 0.350 e. The van der Waals surface area contributed by atoms with Crippen LogP contribution >= 0.6 is 0 Å². The topological polar surface area (TPSA) is 41.1 Å². The van der Waals surface area contributed by atoms with Crippen molar-refractivity contribution in [2.45, 2.75) is 66.0 Å². The van der Waals surface area contributed by atoms with Gasteiger partial charge in [-0.25, -0.2) is 0 Å². The molecule has 0 aromatic heterocycles. The van der Waals surface area contributed by atoms with Gasteiger partial charge in [-0.1, -0.05) is 27.7 Å². The van der Waals surface area contributed by atoms with Crippen molar-refractivity contribution >= 4 is 5.91 Å². The third kappa shape index (κ3) is 4.66. The van der Waals surface area contributed by atoms with Gasteiger partial charge < -0.3 is 10.6 Å². The Balaban J connectivity index is 2.55. The second kappa shape index (κ2) is 4.97. The third-order valence-electron chi connectivity index (χ3n) is 3.25. The predicted molar refractivity (Wildman–Crippen MR) is 71.9 cm³/mol. The third-order valence-corrected chi connectivity index (χ3v) is 3.25. The average Bonchev–Trinajstić information content (AvgIpc) is 2.44. The minimum absolute atomic E-state index is 0.00533. The first kappa shape index (κ1) is 14.5. The lowest BCUT2D eigenvalue weighted by Crippen LogP contribution is -2.52. The minimum Gasteiger partial charge on any atom is -0.350 e. The van der Waals surface area contributed by atoms with Crippen LogP contribution in [0.15, 0.2) is 0 Å². The molecular formula is C14H28N2O. The molecule has 0 radical (unpaired) electrons. The summed E-state index contributed by atoms with van der Waals surface area (Å²) in [7, 11) is 0. The van der Waals surface area contributed by atoms with Crippen LogP contribution in [0.25, 0.3) is 0 Å². The Hall–Kier alpha value is -0.570. The first-order valence-corrected chi connectivity index (χ1v) is 6.66. The molecule has 0 aromatic carbocycles. The monoisotopic (exact) mass is 240 g/mol. The van der Waals surface area contributed by atoms with Gasteiger partial charge in [-0.2, -0.15) is 0 Å². The van der Waals surface area contributed by atoms with Gasteiger partial charge in [0.1, 0.15) is 0 Å². The number of hydrogen-bond donors (Lipinski definition) is 2. The summed E-state index contributed by atoms with van der Waals surface area (Å²) in [5.74, 6) is 0.602. The highest BCUT2D eigenvalue weighted by Gasteiger charge is 2.33. The fourth-order valence-corrected chi connectivity index (χ4v) is 2.97. The van der Waals surface area contributed by atoms with Crippen LogP contribution in [0.2, 0.25) is 0 Å². The molecule has 0 aliphatic carbocycles. The summed E-state index contributed by atoms with van der Waals surface area (Å²) in [6.07, 6.45) is 2.07. The average molecular weight is 240 g/mol. The van der Waals surface area contributed by atoms with Crippen molar-refractivity contribution in [2.24, 2.45) is 11.3 Å². The summed E-state index contributed by atoms with van der Waals surface area (Å²) in [4.78, 5) is 12.2. The fraction of sp³-hybridized carbons (Fsp3) is 0.929. The summed E-state index contributed by atoms with van der Waals surface area (Å²) >= 11 is 0. The van der Waals surface area contributed by atoms with E-state index in [2.05, 4.69) is 52.2 Å². The normalized spacial score (nSPS) is 26.0. The molecule has 0 saturated carbocycles. The predicted octanol–water partition coefficient (Wildman–Crippen LogP) is 2.32. The molecule has 3 heteroatoms. The van der Waals surface area contributed by atoms with Crippen molar-refractivity contribution in [2.75, 3.05) is 6.54 Å². The van der Waals surface area contributed by atoms with Crippen molar-refractivity contribution in [1.82, 2.24) is 10.6 Å². The lowest BCUT2D eigenvalue weighted by Gasteiger charge is -2.34. The molecule has 17 heavy (non-hydrogen) atoms. The molecule has 3 nitrogen and oxygen atoms in total. The van der Waals surface area contributed by atoms with Gasteiger partial charge in [0.25, 0.3) is 0 Å². The Bertz CT molecular complexity index is 278. The molecule has 2 N–H and O–H groups in total. The van der Waals surface area contributed by atoms with Crippen molar-refractivity contribution < 1.29 is 4.79 Å². The number of amides is 1. The molecule has 100 valence electrons. The molecule has 2 unspecified atom stereocenters. The zero-order valence-electron chi connectivity index (χ0n) is 12.2. The standard InChI is InChI=1S/C14H28N2O/c1-10-7-8-15-11(10)12(17)16-14(5,6)9-13(2,3)4/h10-11,15H,7-9H2,1-6H3,(H,16,17). The highest BCUT2D eigenvalue weighted by molar-refractivity contribution is 5.83. The van der Waals surface area contributed by atoms with Gasteiger partial charge in [0.2, 0.25) is 5.91 Å². The van der Waals surface area contributed by atoms with E-state index in [1.165, 1.54) is 0 Å². The molecule has 1 saturated heterocycles. The second-order valence-corrected chi connectivity index (χ2v) is 7.31. The molecule has 0 aromatic rings. The molecule has 0 spiro atoms. The molecule has 1 rings (SSSR count). The second-order valence-electron chi connectivity index (χ2n) is 7.31. The van der Waals surface area contributed by atoms with Crippen molar-refractivity contribution in [1.29, 1.82) is 0 Å². The Morgan fingerprint density at radius 3 is 2.29 bits per heavy atom. The SMILES string of the molecule is CC1CCNC1C(=O)NC(C)(C)CC(C)(C)C. The molecule has 2 atom stereocenters. The Kier molecular flexibility index (Phi) is 4.23. The zero-order chi connectivity index (χ0) is 13.3. The van der Waals surface area contributed by atoms with E-state index in [9.17, 15) is 4.79 Å². The Labute approximate surface area is 106 Å². The van der Waals surface area contributed by atoms with E-state index >= 15 is 0 Å². The number of hydrogen-bond acceptors (Lipinski definition) is 2. The highest BCUT2D eigenvalue weighted by Crippen LogP contribution is 2.27. The smallest absolute Gasteiger partial charge is 0.237 e. The van der Waals surface area contributed by atoms with E-state index in [1.54, 1.807) is 0 Å². The van der Waals surface area contributed by atoms with Gasteiger partial charge in [-0.3, -0.25) is 4.79 Å². The van der Waals surface area contributed by atoms with E-state index in [0.717, 1.165) is 19.4 Å². The molecule has 1 aliphatic rings.